The summed E-state index contributed by atoms with van der Waals surface area (Å²) >= 11 is 3.44. The Morgan fingerprint density at radius 3 is 2.59 bits per heavy atom. The molecule has 1 unspecified atom stereocenters. The van der Waals surface area contributed by atoms with Gasteiger partial charge in [0.15, 0.2) is 0 Å². The Morgan fingerprint density at radius 1 is 1.41 bits per heavy atom. The summed E-state index contributed by atoms with van der Waals surface area (Å²) in [5.41, 5.74) is 1.54. The Balaban J connectivity index is 2.65. The topological polar surface area (TPSA) is 40.6 Å². The maximum absolute atomic E-state index is 12.2. The lowest BCUT2D eigenvalue weighted by Crippen LogP contribution is -2.37. The summed E-state index contributed by atoms with van der Waals surface area (Å²) in [7, 11) is 3.66. The fourth-order valence-corrected chi connectivity index (χ4v) is 2.73. The molecule has 4 nitrogen and oxygen atoms in total. The summed E-state index contributed by atoms with van der Waals surface area (Å²) in [6, 6.07) is 5.10. The van der Waals surface area contributed by atoms with E-state index in [-0.39, 0.29) is 11.8 Å². The third-order valence-electron chi connectivity index (χ3n) is 2.83. The highest BCUT2D eigenvalue weighted by Gasteiger charge is 2.41. The Kier molecular flexibility index (Phi) is 3.05. The summed E-state index contributed by atoms with van der Waals surface area (Å²) in [4.78, 5) is 26.9. The molecule has 1 aliphatic rings. The average molecular weight is 297 g/mol. The number of nitrogens with zero attached hydrogens (tertiary/aromatic N) is 2. The van der Waals surface area contributed by atoms with Crippen molar-refractivity contribution in [3.8, 4) is 0 Å². The quantitative estimate of drug-likeness (QED) is 0.795. The van der Waals surface area contributed by atoms with Crippen molar-refractivity contribution in [3.05, 3.63) is 28.2 Å². The van der Waals surface area contributed by atoms with Crippen LogP contribution in [0.2, 0.25) is 0 Å². The lowest BCUT2D eigenvalue weighted by Gasteiger charge is -2.19. The third kappa shape index (κ3) is 1.79. The average Bonchev–Trinajstić information content (AvgIpc) is 2.51. The van der Waals surface area contributed by atoms with Gasteiger partial charge < -0.3 is 0 Å². The smallest absolute Gasteiger partial charge is 0.255 e. The first-order chi connectivity index (χ1) is 7.95. The Morgan fingerprint density at radius 2 is 2.06 bits per heavy atom. The first-order valence-corrected chi connectivity index (χ1v) is 6.04. The number of benzene rings is 1. The van der Waals surface area contributed by atoms with Crippen molar-refractivity contribution in [1.29, 1.82) is 0 Å². The minimum absolute atomic E-state index is 0.190. The van der Waals surface area contributed by atoms with E-state index >= 15 is 0 Å². The van der Waals surface area contributed by atoms with E-state index in [0.717, 1.165) is 10.0 Å². The SMILES string of the molecule is CC(=O)N1C(=O)C(N(C)C)c2c(Br)cccc21. The number of hydrogen-bond donors (Lipinski definition) is 0. The first-order valence-electron chi connectivity index (χ1n) is 5.24. The molecule has 1 aliphatic heterocycles. The largest absolute Gasteiger partial charge is 0.294 e. The van der Waals surface area contributed by atoms with Gasteiger partial charge in [0.05, 0.1) is 5.69 Å². The first kappa shape index (κ1) is 12.3. The molecule has 0 bridgehead atoms. The van der Waals surface area contributed by atoms with Crippen LogP contribution < -0.4 is 4.90 Å². The summed E-state index contributed by atoms with van der Waals surface area (Å²) in [5.74, 6) is -0.442. The highest BCUT2D eigenvalue weighted by molar-refractivity contribution is 9.10. The van der Waals surface area contributed by atoms with E-state index in [0.29, 0.717) is 5.69 Å². The number of imide groups is 1. The van der Waals surface area contributed by atoms with Crippen LogP contribution in [0.3, 0.4) is 0 Å². The Hall–Kier alpha value is -1.20. The van der Waals surface area contributed by atoms with Gasteiger partial charge in [0.25, 0.3) is 5.91 Å². The van der Waals surface area contributed by atoms with Gasteiger partial charge in [-0.2, -0.15) is 0 Å². The maximum Gasteiger partial charge on any atom is 0.255 e. The number of fused-ring (bicyclic) bond motifs is 1. The van der Waals surface area contributed by atoms with Crippen molar-refractivity contribution in [2.45, 2.75) is 13.0 Å². The number of hydrogen-bond acceptors (Lipinski definition) is 3. The monoisotopic (exact) mass is 296 g/mol. The minimum Gasteiger partial charge on any atom is -0.294 e. The summed E-state index contributed by atoms with van der Waals surface area (Å²) < 4.78 is 0.853. The standard InChI is InChI=1S/C12H13BrN2O2/c1-7(16)15-9-6-4-5-8(13)10(9)11(12(15)17)14(2)3/h4-6,11H,1-3H3. The molecule has 0 radical (unpaired) electrons. The molecule has 17 heavy (non-hydrogen) atoms. The van der Waals surface area contributed by atoms with Gasteiger partial charge in [-0.15, -0.1) is 0 Å². The van der Waals surface area contributed by atoms with Gasteiger partial charge in [-0.1, -0.05) is 22.0 Å². The molecule has 2 amide bonds. The van der Waals surface area contributed by atoms with Crippen LogP contribution in [-0.2, 0) is 9.59 Å². The molecule has 0 aromatic heterocycles. The molecule has 0 aliphatic carbocycles. The Labute approximate surface area is 108 Å². The van der Waals surface area contributed by atoms with E-state index in [1.807, 2.05) is 31.1 Å². The van der Waals surface area contributed by atoms with Crippen molar-refractivity contribution in [2.75, 3.05) is 19.0 Å². The zero-order valence-corrected chi connectivity index (χ0v) is 11.5. The van der Waals surface area contributed by atoms with Crippen molar-refractivity contribution < 1.29 is 9.59 Å². The van der Waals surface area contributed by atoms with Crippen molar-refractivity contribution in [1.82, 2.24) is 4.90 Å². The van der Waals surface area contributed by atoms with Crippen LogP contribution in [0, 0.1) is 0 Å². The molecule has 2 rings (SSSR count). The summed E-state index contributed by atoms with van der Waals surface area (Å²) in [6.07, 6.45) is 0. The predicted octanol–water partition coefficient (Wildman–Crippen LogP) is 1.94. The van der Waals surface area contributed by atoms with E-state index in [2.05, 4.69) is 15.9 Å². The second-order valence-electron chi connectivity index (χ2n) is 4.23. The van der Waals surface area contributed by atoms with Gasteiger partial charge in [0.2, 0.25) is 5.91 Å². The van der Waals surface area contributed by atoms with Crippen LogP contribution in [0.15, 0.2) is 22.7 Å². The van der Waals surface area contributed by atoms with Gasteiger partial charge in [-0.05, 0) is 26.2 Å². The summed E-state index contributed by atoms with van der Waals surface area (Å²) in [5, 5.41) is 0. The van der Waals surface area contributed by atoms with Gasteiger partial charge >= 0.3 is 0 Å². The predicted molar refractivity (Wildman–Crippen MR) is 68.7 cm³/mol. The van der Waals surface area contributed by atoms with Gasteiger partial charge in [-0.3, -0.25) is 14.5 Å². The van der Waals surface area contributed by atoms with Crippen LogP contribution in [-0.4, -0.2) is 30.8 Å². The molecule has 1 aromatic carbocycles. The third-order valence-corrected chi connectivity index (χ3v) is 3.52. The van der Waals surface area contributed by atoms with E-state index in [1.165, 1.54) is 11.8 Å². The maximum atomic E-state index is 12.2. The van der Waals surface area contributed by atoms with E-state index in [9.17, 15) is 9.59 Å². The lowest BCUT2D eigenvalue weighted by atomic mass is 10.1. The molecule has 1 heterocycles. The van der Waals surface area contributed by atoms with Gasteiger partial charge in [0.1, 0.15) is 6.04 Å². The minimum atomic E-state index is -0.399. The number of amides is 2. The van der Waals surface area contributed by atoms with Crippen LogP contribution in [0.5, 0.6) is 0 Å². The number of anilines is 1. The fourth-order valence-electron chi connectivity index (χ4n) is 2.16. The second-order valence-corrected chi connectivity index (χ2v) is 5.09. The molecule has 90 valence electrons. The normalized spacial score (nSPS) is 18.8. The second kappa shape index (κ2) is 4.23. The number of carbonyl (C=O) groups is 2. The number of likely N-dealkylation sites (N-methyl/N-ethyl adjacent to an activating group) is 1. The molecule has 5 heteroatoms. The molecule has 0 spiro atoms. The van der Waals surface area contributed by atoms with Crippen molar-refractivity contribution >= 4 is 33.4 Å². The molecule has 0 N–H and O–H groups in total. The van der Waals surface area contributed by atoms with E-state index in [1.54, 1.807) is 6.07 Å². The molecule has 0 saturated carbocycles. The number of carbonyl (C=O) groups excluding carboxylic acids is 2. The molecule has 1 atom stereocenters. The lowest BCUT2D eigenvalue weighted by molar-refractivity contribution is -0.127. The van der Waals surface area contributed by atoms with Gasteiger partial charge in [0, 0.05) is 17.0 Å². The molecule has 0 saturated heterocycles. The zero-order chi connectivity index (χ0) is 12.7. The van der Waals surface area contributed by atoms with E-state index < -0.39 is 6.04 Å². The Bertz CT molecular complexity index is 499. The van der Waals surface area contributed by atoms with Crippen molar-refractivity contribution in [3.63, 3.8) is 0 Å². The fraction of sp³-hybridized carbons (Fsp3) is 0.333. The number of rotatable bonds is 1. The molecular weight excluding hydrogens is 284 g/mol. The van der Waals surface area contributed by atoms with E-state index in [4.69, 9.17) is 0 Å². The van der Waals surface area contributed by atoms with Crippen LogP contribution in [0.4, 0.5) is 5.69 Å². The van der Waals surface area contributed by atoms with Crippen LogP contribution in [0.25, 0.3) is 0 Å². The molecule has 1 aromatic rings. The number of halogens is 1. The highest BCUT2D eigenvalue weighted by Crippen LogP contribution is 2.42. The van der Waals surface area contributed by atoms with Gasteiger partial charge in [-0.25, -0.2) is 4.90 Å². The summed E-state index contributed by atoms with van der Waals surface area (Å²) in [6.45, 7) is 1.40. The van der Waals surface area contributed by atoms with Crippen LogP contribution in [0.1, 0.15) is 18.5 Å². The van der Waals surface area contributed by atoms with Crippen molar-refractivity contribution in [2.24, 2.45) is 0 Å². The van der Waals surface area contributed by atoms with Crippen LogP contribution >= 0.6 is 15.9 Å². The molecular formula is C12H13BrN2O2. The zero-order valence-electron chi connectivity index (χ0n) is 9.90. The molecule has 0 fully saturated rings. The highest BCUT2D eigenvalue weighted by atomic mass is 79.9.